The molecule has 26 heavy (non-hydrogen) atoms. The van der Waals surface area contributed by atoms with Crippen LogP contribution in [0.3, 0.4) is 0 Å². The first-order valence-corrected chi connectivity index (χ1v) is 11.9. The lowest BCUT2D eigenvalue weighted by molar-refractivity contribution is -0.127. The Hall–Kier alpha value is -1.10. The molecule has 0 N–H and O–H groups in total. The van der Waals surface area contributed by atoms with Crippen LogP contribution in [0.15, 0.2) is 24.3 Å². The van der Waals surface area contributed by atoms with E-state index in [9.17, 15) is 13.2 Å². The predicted octanol–water partition coefficient (Wildman–Crippen LogP) is 3.35. The van der Waals surface area contributed by atoms with Crippen molar-refractivity contribution < 1.29 is 13.2 Å². The number of rotatable bonds is 5. The third-order valence-corrected chi connectivity index (χ3v) is 9.22. The zero-order valence-corrected chi connectivity index (χ0v) is 16.6. The van der Waals surface area contributed by atoms with Crippen molar-refractivity contribution in [2.45, 2.75) is 57.9 Å². The lowest BCUT2D eigenvalue weighted by atomic mass is 9.48. The molecule has 5 aliphatic rings. The highest BCUT2D eigenvalue weighted by molar-refractivity contribution is 7.91. The van der Waals surface area contributed by atoms with Crippen molar-refractivity contribution in [3.63, 3.8) is 0 Å². The van der Waals surface area contributed by atoms with Crippen LogP contribution < -0.4 is 0 Å². The minimum atomic E-state index is -3.01. The minimum Gasteiger partial charge on any atom is -0.331 e. The van der Waals surface area contributed by atoms with Gasteiger partial charge < -0.3 is 4.90 Å². The molecule has 5 rings (SSSR count). The standard InChI is InChI=1S/C21H31NO3S/c1-3-5-22(19-4-6-26(24,25)14-19)20(23)7-15(2)21-11-16-8-17(12-21)10-18(9-16)13-21/h3,7,16-19H,1,4-6,8-14H2,2H3/b15-7+. The highest BCUT2D eigenvalue weighted by Gasteiger charge is 2.51. The molecule has 0 aromatic carbocycles. The third-order valence-electron chi connectivity index (χ3n) is 7.47. The van der Waals surface area contributed by atoms with Crippen LogP contribution in [0.5, 0.6) is 0 Å². The van der Waals surface area contributed by atoms with Crippen molar-refractivity contribution in [2.75, 3.05) is 18.1 Å². The van der Waals surface area contributed by atoms with Gasteiger partial charge in [-0.05, 0) is 75.0 Å². The molecule has 5 fully saturated rings. The van der Waals surface area contributed by atoms with Crippen molar-refractivity contribution in [1.29, 1.82) is 0 Å². The molecular weight excluding hydrogens is 346 g/mol. The van der Waals surface area contributed by atoms with Crippen molar-refractivity contribution >= 4 is 15.7 Å². The summed E-state index contributed by atoms with van der Waals surface area (Å²) in [5.41, 5.74) is 1.46. The molecule has 1 amide bonds. The van der Waals surface area contributed by atoms with E-state index in [2.05, 4.69) is 13.5 Å². The highest BCUT2D eigenvalue weighted by atomic mass is 32.2. The number of sulfone groups is 1. The normalized spacial score (nSPS) is 40.6. The van der Waals surface area contributed by atoms with E-state index in [0.717, 1.165) is 17.8 Å². The Balaban J connectivity index is 1.54. The van der Waals surface area contributed by atoms with Gasteiger partial charge in [-0.2, -0.15) is 0 Å². The van der Waals surface area contributed by atoms with Crippen LogP contribution >= 0.6 is 0 Å². The minimum absolute atomic E-state index is 0.0276. The third kappa shape index (κ3) is 3.28. The summed E-state index contributed by atoms with van der Waals surface area (Å²) >= 11 is 0. The Kier molecular flexibility index (Phi) is 4.57. The van der Waals surface area contributed by atoms with E-state index in [1.165, 1.54) is 44.1 Å². The van der Waals surface area contributed by atoms with E-state index < -0.39 is 9.84 Å². The second-order valence-corrected chi connectivity index (χ2v) is 11.6. The molecule has 1 saturated heterocycles. The maximum absolute atomic E-state index is 13.0. The predicted molar refractivity (Wildman–Crippen MR) is 103 cm³/mol. The quantitative estimate of drug-likeness (QED) is 0.545. The van der Waals surface area contributed by atoms with Crippen LogP contribution in [0.2, 0.25) is 0 Å². The van der Waals surface area contributed by atoms with Gasteiger partial charge in [-0.25, -0.2) is 8.42 Å². The summed E-state index contributed by atoms with van der Waals surface area (Å²) in [6, 6.07) is -0.203. The van der Waals surface area contributed by atoms with Crippen molar-refractivity contribution in [3.05, 3.63) is 24.3 Å². The molecule has 4 bridgehead atoms. The van der Waals surface area contributed by atoms with Crippen molar-refractivity contribution in [3.8, 4) is 0 Å². The van der Waals surface area contributed by atoms with Gasteiger partial charge >= 0.3 is 0 Å². The van der Waals surface area contributed by atoms with Gasteiger partial charge in [-0.15, -0.1) is 6.58 Å². The molecule has 1 atom stereocenters. The summed E-state index contributed by atoms with van der Waals surface area (Å²) in [6.07, 6.45) is 12.0. The van der Waals surface area contributed by atoms with Crippen LogP contribution in [-0.4, -0.2) is 43.3 Å². The first-order chi connectivity index (χ1) is 12.3. The van der Waals surface area contributed by atoms with Gasteiger partial charge in [0, 0.05) is 18.7 Å². The molecule has 4 saturated carbocycles. The first kappa shape index (κ1) is 18.3. The number of carbonyl (C=O) groups is 1. The van der Waals surface area contributed by atoms with Gasteiger partial charge in [0.1, 0.15) is 0 Å². The average Bonchev–Trinajstić information content (AvgIpc) is 2.90. The summed E-state index contributed by atoms with van der Waals surface area (Å²) in [4.78, 5) is 14.8. The fourth-order valence-electron chi connectivity index (χ4n) is 6.59. The number of amides is 1. The number of nitrogens with zero attached hydrogens (tertiary/aromatic N) is 1. The lowest BCUT2D eigenvalue weighted by Crippen LogP contribution is -2.47. The van der Waals surface area contributed by atoms with E-state index >= 15 is 0 Å². The molecule has 4 nitrogen and oxygen atoms in total. The molecule has 5 heteroatoms. The van der Waals surface area contributed by atoms with E-state index in [4.69, 9.17) is 0 Å². The van der Waals surface area contributed by atoms with Crippen LogP contribution in [0.1, 0.15) is 51.9 Å². The topological polar surface area (TPSA) is 54.5 Å². The van der Waals surface area contributed by atoms with Gasteiger partial charge in [-0.3, -0.25) is 4.79 Å². The van der Waals surface area contributed by atoms with Gasteiger partial charge in [-0.1, -0.05) is 11.6 Å². The Morgan fingerprint density at radius 1 is 1.15 bits per heavy atom. The second-order valence-electron chi connectivity index (χ2n) is 9.36. The molecule has 1 heterocycles. The monoisotopic (exact) mass is 377 g/mol. The zero-order valence-electron chi connectivity index (χ0n) is 15.8. The molecular formula is C21H31NO3S. The maximum Gasteiger partial charge on any atom is 0.247 e. The molecule has 1 aliphatic heterocycles. The summed E-state index contributed by atoms with van der Waals surface area (Å²) < 4.78 is 23.7. The fraction of sp³-hybridized carbons (Fsp3) is 0.762. The Morgan fingerprint density at radius 2 is 1.73 bits per heavy atom. The summed E-state index contributed by atoms with van der Waals surface area (Å²) in [6.45, 7) is 6.32. The first-order valence-electron chi connectivity index (χ1n) is 10.1. The molecule has 0 aromatic heterocycles. The largest absolute Gasteiger partial charge is 0.331 e. The zero-order chi connectivity index (χ0) is 18.5. The molecule has 0 spiro atoms. The summed E-state index contributed by atoms with van der Waals surface area (Å²) in [5, 5.41) is 0. The second kappa shape index (κ2) is 6.50. The molecule has 0 radical (unpaired) electrons. The van der Waals surface area contributed by atoms with E-state index in [1.54, 1.807) is 11.0 Å². The van der Waals surface area contributed by atoms with Crippen LogP contribution in [0, 0.1) is 23.2 Å². The average molecular weight is 378 g/mol. The molecule has 4 aliphatic carbocycles. The highest BCUT2D eigenvalue weighted by Crippen LogP contribution is 2.62. The molecule has 1 unspecified atom stereocenters. The number of allylic oxidation sites excluding steroid dienone is 1. The summed E-state index contributed by atoms with van der Waals surface area (Å²) in [5.74, 6) is 2.81. The lowest BCUT2D eigenvalue weighted by Gasteiger charge is -2.57. The van der Waals surface area contributed by atoms with Gasteiger partial charge in [0.25, 0.3) is 0 Å². The Bertz CT molecular complexity index is 701. The number of hydrogen-bond acceptors (Lipinski definition) is 3. The maximum atomic E-state index is 13.0. The van der Waals surface area contributed by atoms with Crippen molar-refractivity contribution in [1.82, 2.24) is 4.90 Å². The molecule has 0 aromatic rings. The smallest absolute Gasteiger partial charge is 0.247 e. The molecule has 144 valence electrons. The SMILES string of the molecule is C=CCN(C(=O)/C=C(\C)C12CC3CC(CC(C3)C1)C2)C1CCS(=O)(=O)C1. The Labute approximate surface area is 157 Å². The van der Waals surface area contributed by atoms with E-state index in [-0.39, 0.29) is 28.9 Å². The van der Waals surface area contributed by atoms with E-state index in [1.807, 2.05) is 6.08 Å². The van der Waals surface area contributed by atoms with E-state index in [0.29, 0.717) is 13.0 Å². The summed E-state index contributed by atoms with van der Waals surface area (Å²) in [7, 11) is -3.01. The Morgan fingerprint density at radius 3 is 2.19 bits per heavy atom. The number of carbonyl (C=O) groups excluding carboxylic acids is 1. The van der Waals surface area contributed by atoms with Crippen molar-refractivity contribution in [2.24, 2.45) is 23.2 Å². The van der Waals surface area contributed by atoms with Crippen LogP contribution in [-0.2, 0) is 14.6 Å². The van der Waals surface area contributed by atoms with Crippen LogP contribution in [0.4, 0.5) is 0 Å². The van der Waals surface area contributed by atoms with Gasteiger partial charge in [0.2, 0.25) is 5.91 Å². The van der Waals surface area contributed by atoms with Gasteiger partial charge in [0.05, 0.1) is 11.5 Å². The fourth-order valence-corrected chi connectivity index (χ4v) is 8.32. The van der Waals surface area contributed by atoms with Crippen LogP contribution in [0.25, 0.3) is 0 Å². The number of hydrogen-bond donors (Lipinski definition) is 0. The van der Waals surface area contributed by atoms with Gasteiger partial charge in [0.15, 0.2) is 9.84 Å².